The van der Waals surface area contributed by atoms with Gasteiger partial charge in [-0.15, -0.1) is 12.4 Å². The Labute approximate surface area is 149 Å². The summed E-state index contributed by atoms with van der Waals surface area (Å²) < 4.78 is 0. The summed E-state index contributed by atoms with van der Waals surface area (Å²) in [5.41, 5.74) is 7.86. The van der Waals surface area contributed by atoms with Gasteiger partial charge < -0.3 is 10.6 Å². The molecule has 0 saturated carbocycles. The van der Waals surface area contributed by atoms with Gasteiger partial charge in [-0.1, -0.05) is 42.5 Å². The lowest BCUT2D eigenvalue weighted by atomic mass is 10.1. The van der Waals surface area contributed by atoms with Crippen molar-refractivity contribution in [3.8, 4) is 0 Å². The Hall–Kier alpha value is -2.17. The average Bonchev–Trinajstić information content (AvgIpc) is 2.59. The van der Waals surface area contributed by atoms with Crippen LogP contribution in [0.2, 0.25) is 0 Å². The standard InChI is InChI=1S/C19H22N2O2.ClH/c1-15(22)17-8-10-18(11-9-17)19(23)21(13-5-12-20)14-16-6-3-2-4-7-16;/h2-4,6-11H,5,12-14,20H2,1H3;1H. The zero-order valence-electron chi connectivity index (χ0n) is 13.8. The molecule has 0 aliphatic heterocycles. The fourth-order valence-corrected chi connectivity index (χ4v) is 2.37. The molecule has 0 bridgehead atoms. The summed E-state index contributed by atoms with van der Waals surface area (Å²) in [6.07, 6.45) is 0.754. The van der Waals surface area contributed by atoms with Crippen LogP contribution in [0.5, 0.6) is 0 Å². The summed E-state index contributed by atoms with van der Waals surface area (Å²) in [4.78, 5) is 25.9. The average molecular weight is 347 g/mol. The fraction of sp³-hybridized carbons (Fsp3) is 0.263. The predicted octanol–water partition coefficient (Wildman–Crippen LogP) is 3.30. The Morgan fingerprint density at radius 1 is 0.958 bits per heavy atom. The first-order valence-corrected chi connectivity index (χ1v) is 7.76. The van der Waals surface area contributed by atoms with E-state index in [9.17, 15) is 9.59 Å². The lowest BCUT2D eigenvalue weighted by Crippen LogP contribution is -2.32. The van der Waals surface area contributed by atoms with E-state index in [1.54, 1.807) is 29.2 Å². The summed E-state index contributed by atoms with van der Waals surface area (Å²) in [5.74, 6) is -0.0503. The Bertz CT molecular complexity index is 657. The quantitative estimate of drug-likeness (QED) is 0.782. The number of rotatable bonds is 7. The van der Waals surface area contributed by atoms with Gasteiger partial charge in [0.2, 0.25) is 0 Å². The van der Waals surface area contributed by atoms with Gasteiger partial charge in [-0.25, -0.2) is 0 Å². The van der Waals surface area contributed by atoms with E-state index < -0.39 is 0 Å². The van der Waals surface area contributed by atoms with Crippen molar-refractivity contribution >= 4 is 24.1 Å². The predicted molar refractivity (Wildman–Crippen MR) is 98.5 cm³/mol. The number of hydrogen-bond donors (Lipinski definition) is 1. The molecule has 2 N–H and O–H groups in total. The highest BCUT2D eigenvalue weighted by atomic mass is 35.5. The van der Waals surface area contributed by atoms with Crippen LogP contribution in [0.25, 0.3) is 0 Å². The van der Waals surface area contributed by atoms with Crippen LogP contribution < -0.4 is 5.73 Å². The van der Waals surface area contributed by atoms with Gasteiger partial charge in [0.15, 0.2) is 5.78 Å². The molecule has 0 spiro atoms. The van der Waals surface area contributed by atoms with Crippen molar-refractivity contribution in [2.75, 3.05) is 13.1 Å². The topological polar surface area (TPSA) is 63.4 Å². The number of carbonyl (C=O) groups is 2. The molecule has 2 aromatic rings. The van der Waals surface area contributed by atoms with Gasteiger partial charge >= 0.3 is 0 Å². The second-order valence-electron chi connectivity index (χ2n) is 5.49. The normalized spacial score (nSPS) is 9.92. The number of carbonyl (C=O) groups excluding carboxylic acids is 2. The minimum absolute atomic E-state index is 0. The zero-order chi connectivity index (χ0) is 16.7. The SMILES string of the molecule is CC(=O)c1ccc(C(=O)N(CCCN)Cc2ccccc2)cc1.Cl. The van der Waals surface area contributed by atoms with E-state index in [1.165, 1.54) is 6.92 Å². The highest BCUT2D eigenvalue weighted by Crippen LogP contribution is 2.12. The van der Waals surface area contributed by atoms with Gasteiger partial charge in [-0.05, 0) is 37.6 Å². The molecular formula is C19H23ClN2O2. The minimum Gasteiger partial charge on any atom is -0.334 e. The van der Waals surface area contributed by atoms with E-state index in [2.05, 4.69) is 0 Å². The van der Waals surface area contributed by atoms with E-state index in [1.807, 2.05) is 30.3 Å². The van der Waals surface area contributed by atoms with Crippen LogP contribution in [-0.4, -0.2) is 29.7 Å². The maximum Gasteiger partial charge on any atom is 0.254 e. The van der Waals surface area contributed by atoms with E-state index in [4.69, 9.17) is 5.73 Å². The molecule has 2 aromatic carbocycles. The van der Waals surface area contributed by atoms with E-state index in [0.29, 0.717) is 30.8 Å². The van der Waals surface area contributed by atoms with Crippen LogP contribution >= 0.6 is 12.4 Å². The minimum atomic E-state index is -0.0441. The molecule has 5 heteroatoms. The molecule has 0 fully saturated rings. The Morgan fingerprint density at radius 3 is 2.08 bits per heavy atom. The van der Waals surface area contributed by atoms with Crippen LogP contribution in [0.15, 0.2) is 54.6 Å². The Kier molecular flexibility index (Phi) is 8.16. The third-order valence-corrected chi connectivity index (χ3v) is 3.67. The number of amides is 1. The number of nitrogens with zero attached hydrogens (tertiary/aromatic N) is 1. The van der Waals surface area contributed by atoms with E-state index in [-0.39, 0.29) is 24.1 Å². The lowest BCUT2D eigenvalue weighted by molar-refractivity contribution is 0.0742. The Morgan fingerprint density at radius 2 is 1.54 bits per heavy atom. The number of hydrogen-bond acceptors (Lipinski definition) is 3. The van der Waals surface area contributed by atoms with Crippen molar-refractivity contribution in [3.05, 3.63) is 71.3 Å². The second kappa shape index (κ2) is 9.85. The molecule has 4 nitrogen and oxygen atoms in total. The number of halogens is 1. The van der Waals surface area contributed by atoms with Crippen molar-refractivity contribution in [2.24, 2.45) is 5.73 Å². The molecule has 0 heterocycles. The van der Waals surface area contributed by atoms with E-state index >= 15 is 0 Å². The summed E-state index contributed by atoms with van der Waals surface area (Å²) in [5, 5.41) is 0. The van der Waals surface area contributed by atoms with Crippen molar-refractivity contribution in [1.82, 2.24) is 4.90 Å². The summed E-state index contributed by atoms with van der Waals surface area (Å²) in [6.45, 7) is 3.22. The van der Waals surface area contributed by atoms with Gasteiger partial charge in [0.1, 0.15) is 0 Å². The van der Waals surface area contributed by atoms with Crippen LogP contribution in [0.1, 0.15) is 39.6 Å². The first-order valence-electron chi connectivity index (χ1n) is 7.76. The van der Waals surface area contributed by atoms with Gasteiger partial charge in [-0.2, -0.15) is 0 Å². The van der Waals surface area contributed by atoms with Crippen molar-refractivity contribution in [3.63, 3.8) is 0 Å². The van der Waals surface area contributed by atoms with Gasteiger partial charge in [0, 0.05) is 24.2 Å². The van der Waals surface area contributed by atoms with Crippen LogP contribution in [0, 0.1) is 0 Å². The molecule has 1 amide bonds. The third-order valence-electron chi connectivity index (χ3n) is 3.67. The fourth-order valence-electron chi connectivity index (χ4n) is 2.37. The third kappa shape index (κ3) is 5.48. The molecule has 0 aliphatic rings. The summed E-state index contributed by atoms with van der Waals surface area (Å²) >= 11 is 0. The number of nitrogens with two attached hydrogens (primary N) is 1. The first-order chi connectivity index (χ1) is 11.1. The highest BCUT2D eigenvalue weighted by molar-refractivity contribution is 5.97. The number of Topliss-reactive ketones (excluding diaryl/α,β-unsaturated/α-hetero) is 1. The second-order valence-corrected chi connectivity index (χ2v) is 5.49. The van der Waals surface area contributed by atoms with Crippen molar-refractivity contribution in [1.29, 1.82) is 0 Å². The number of ketones is 1. The molecule has 0 aromatic heterocycles. The van der Waals surface area contributed by atoms with Crippen LogP contribution in [0.3, 0.4) is 0 Å². The summed E-state index contributed by atoms with van der Waals surface area (Å²) in [6, 6.07) is 16.7. The molecule has 0 atom stereocenters. The smallest absolute Gasteiger partial charge is 0.254 e. The van der Waals surface area contributed by atoms with Crippen molar-refractivity contribution < 1.29 is 9.59 Å². The molecule has 0 unspecified atom stereocenters. The monoisotopic (exact) mass is 346 g/mol. The molecule has 0 aliphatic carbocycles. The van der Waals surface area contributed by atoms with E-state index in [0.717, 1.165) is 12.0 Å². The molecule has 24 heavy (non-hydrogen) atoms. The van der Waals surface area contributed by atoms with Crippen molar-refractivity contribution in [2.45, 2.75) is 19.9 Å². The number of benzene rings is 2. The van der Waals surface area contributed by atoms with Gasteiger partial charge in [0.05, 0.1) is 0 Å². The molecule has 0 radical (unpaired) electrons. The molecule has 2 rings (SSSR count). The maximum absolute atomic E-state index is 12.7. The molecule has 128 valence electrons. The largest absolute Gasteiger partial charge is 0.334 e. The maximum atomic E-state index is 12.7. The summed E-state index contributed by atoms with van der Waals surface area (Å²) in [7, 11) is 0. The lowest BCUT2D eigenvalue weighted by Gasteiger charge is -2.23. The molecular weight excluding hydrogens is 324 g/mol. The van der Waals surface area contributed by atoms with Gasteiger partial charge in [-0.3, -0.25) is 9.59 Å². The first kappa shape index (κ1) is 19.9. The Balaban J connectivity index is 0.00000288. The molecule has 0 saturated heterocycles. The zero-order valence-corrected chi connectivity index (χ0v) is 14.6. The van der Waals surface area contributed by atoms with Crippen LogP contribution in [-0.2, 0) is 6.54 Å². The van der Waals surface area contributed by atoms with Crippen LogP contribution in [0.4, 0.5) is 0 Å². The highest BCUT2D eigenvalue weighted by Gasteiger charge is 2.16. The van der Waals surface area contributed by atoms with Gasteiger partial charge in [0.25, 0.3) is 5.91 Å².